The van der Waals surface area contributed by atoms with E-state index in [0.29, 0.717) is 18.5 Å². The molecule has 4 rings (SSSR count). The molecular formula is C25H30N4O5S. The fourth-order valence-electron chi connectivity index (χ4n) is 4.83. The third kappa shape index (κ3) is 4.81. The third-order valence-corrected chi connectivity index (χ3v) is 8.70. The van der Waals surface area contributed by atoms with Gasteiger partial charge in [0.25, 0.3) is 5.91 Å². The van der Waals surface area contributed by atoms with Gasteiger partial charge in [0, 0.05) is 26.3 Å². The van der Waals surface area contributed by atoms with Gasteiger partial charge in [0.05, 0.1) is 4.90 Å². The van der Waals surface area contributed by atoms with Crippen LogP contribution in [0.4, 0.5) is 10.5 Å². The van der Waals surface area contributed by atoms with Gasteiger partial charge in [0.2, 0.25) is 15.9 Å². The molecule has 0 bridgehead atoms. The van der Waals surface area contributed by atoms with Crippen LogP contribution in [0.3, 0.4) is 0 Å². The molecule has 186 valence electrons. The first kappa shape index (κ1) is 24.9. The Kier molecular flexibility index (Phi) is 6.95. The molecule has 1 spiro atoms. The van der Waals surface area contributed by atoms with E-state index in [1.54, 1.807) is 7.05 Å². The average Bonchev–Trinajstić information content (AvgIpc) is 3.01. The lowest BCUT2D eigenvalue weighted by molar-refractivity contribution is -0.136. The number of amides is 4. The number of hydrogen-bond acceptors (Lipinski definition) is 5. The van der Waals surface area contributed by atoms with Crippen molar-refractivity contribution in [2.75, 3.05) is 26.0 Å². The number of carbonyl (C=O) groups excluding carboxylic acids is 3. The Hall–Kier alpha value is -3.24. The van der Waals surface area contributed by atoms with Crippen molar-refractivity contribution in [3.05, 3.63) is 60.2 Å². The monoisotopic (exact) mass is 498 g/mol. The highest BCUT2D eigenvalue weighted by molar-refractivity contribution is 7.89. The predicted octanol–water partition coefficient (Wildman–Crippen LogP) is 3.04. The van der Waals surface area contributed by atoms with E-state index in [-0.39, 0.29) is 23.9 Å². The van der Waals surface area contributed by atoms with Gasteiger partial charge < -0.3 is 10.2 Å². The molecule has 0 atom stereocenters. The zero-order valence-electron chi connectivity index (χ0n) is 19.9. The van der Waals surface area contributed by atoms with Gasteiger partial charge in [0.15, 0.2) is 0 Å². The highest BCUT2D eigenvalue weighted by Crippen LogP contribution is 2.39. The topological polar surface area (TPSA) is 107 Å². The summed E-state index contributed by atoms with van der Waals surface area (Å²) in [5.74, 6) is -0.840. The maximum Gasteiger partial charge on any atom is 0.327 e. The van der Waals surface area contributed by atoms with Gasteiger partial charge in [-0.3, -0.25) is 14.5 Å². The van der Waals surface area contributed by atoms with Crippen molar-refractivity contribution in [3.63, 3.8) is 0 Å². The largest absolute Gasteiger partial charge is 0.327 e. The summed E-state index contributed by atoms with van der Waals surface area (Å²) in [5, 5.41) is 2.65. The Labute approximate surface area is 205 Å². The molecular weight excluding hydrogens is 468 g/mol. The molecule has 0 aromatic heterocycles. The first-order valence-corrected chi connectivity index (χ1v) is 13.1. The minimum absolute atomic E-state index is 0.0969. The standard InChI is InChI=1S/C25H30N4O5S/c1-27(17-19-9-5-3-6-10-19)35(33,34)21-13-11-20(12-14-21)26-22(30)18-29-23(31)25(28(2)24(29)32)15-7-4-8-16-25/h3,5-6,9-14H,4,7-8,15-18H2,1-2H3,(H,26,30). The predicted molar refractivity (Wildman–Crippen MR) is 131 cm³/mol. The van der Waals surface area contributed by atoms with Crippen molar-refractivity contribution >= 4 is 33.6 Å². The molecule has 2 fully saturated rings. The summed E-state index contributed by atoms with van der Waals surface area (Å²) in [4.78, 5) is 41.0. The molecule has 10 heteroatoms. The van der Waals surface area contributed by atoms with E-state index in [9.17, 15) is 22.8 Å². The Morgan fingerprint density at radius 2 is 1.63 bits per heavy atom. The number of benzene rings is 2. The van der Waals surface area contributed by atoms with Crippen LogP contribution in [-0.4, -0.2) is 66.5 Å². The SMILES string of the molecule is CN1C(=O)N(CC(=O)Nc2ccc(S(=O)(=O)N(C)Cc3ccccc3)cc2)C(=O)C12CCCCC2. The van der Waals surface area contributed by atoms with Crippen LogP contribution >= 0.6 is 0 Å². The number of sulfonamides is 1. The van der Waals surface area contributed by atoms with Gasteiger partial charge in [-0.25, -0.2) is 13.2 Å². The van der Waals surface area contributed by atoms with Gasteiger partial charge in [0.1, 0.15) is 12.1 Å². The highest BCUT2D eigenvalue weighted by atomic mass is 32.2. The molecule has 9 nitrogen and oxygen atoms in total. The van der Waals surface area contributed by atoms with Crippen LogP contribution in [0.15, 0.2) is 59.5 Å². The van der Waals surface area contributed by atoms with Crippen LogP contribution in [0.5, 0.6) is 0 Å². The molecule has 2 aromatic carbocycles. The van der Waals surface area contributed by atoms with Gasteiger partial charge in [-0.1, -0.05) is 49.6 Å². The van der Waals surface area contributed by atoms with Crippen molar-refractivity contribution < 1.29 is 22.8 Å². The molecule has 2 aliphatic rings. The van der Waals surface area contributed by atoms with Crippen molar-refractivity contribution in [2.24, 2.45) is 0 Å². The second kappa shape index (κ2) is 9.79. The summed E-state index contributed by atoms with van der Waals surface area (Å²) in [6, 6.07) is 14.6. The first-order chi connectivity index (χ1) is 16.6. The Morgan fingerprint density at radius 1 is 1.00 bits per heavy atom. The van der Waals surface area contributed by atoms with Gasteiger partial charge in [-0.15, -0.1) is 0 Å². The van der Waals surface area contributed by atoms with Gasteiger partial charge >= 0.3 is 6.03 Å². The van der Waals surface area contributed by atoms with E-state index < -0.39 is 27.5 Å². The normalized spacial score (nSPS) is 17.9. The molecule has 35 heavy (non-hydrogen) atoms. The summed E-state index contributed by atoms with van der Waals surface area (Å²) in [7, 11) is -0.586. The molecule has 1 saturated carbocycles. The van der Waals surface area contributed by atoms with Crippen LogP contribution in [0.25, 0.3) is 0 Å². The van der Waals surface area contributed by atoms with E-state index in [2.05, 4.69) is 5.32 Å². The number of urea groups is 1. The molecule has 0 unspecified atom stereocenters. The first-order valence-electron chi connectivity index (χ1n) is 11.6. The van der Waals surface area contributed by atoms with E-state index in [4.69, 9.17) is 0 Å². The van der Waals surface area contributed by atoms with E-state index in [1.807, 2.05) is 30.3 Å². The number of carbonyl (C=O) groups is 3. The molecule has 1 heterocycles. The number of hydrogen-bond donors (Lipinski definition) is 1. The lowest BCUT2D eigenvalue weighted by Gasteiger charge is -2.35. The fourth-order valence-corrected chi connectivity index (χ4v) is 5.99. The lowest BCUT2D eigenvalue weighted by atomic mass is 9.81. The zero-order chi connectivity index (χ0) is 25.2. The summed E-state index contributed by atoms with van der Waals surface area (Å²) < 4.78 is 27.1. The molecule has 0 radical (unpaired) electrons. The highest BCUT2D eigenvalue weighted by Gasteiger charge is 2.55. The lowest BCUT2D eigenvalue weighted by Crippen LogP contribution is -2.49. The smallest absolute Gasteiger partial charge is 0.325 e. The number of nitrogens with one attached hydrogen (secondary N) is 1. The van der Waals surface area contributed by atoms with Crippen LogP contribution in [0, 0.1) is 0 Å². The van der Waals surface area contributed by atoms with Crippen LogP contribution in [-0.2, 0) is 26.2 Å². The number of nitrogens with zero attached hydrogens (tertiary/aromatic N) is 3. The summed E-state index contributed by atoms with van der Waals surface area (Å²) >= 11 is 0. The maximum absolute atomic E-state index is 13.1. The van der Waals surface area contributed by atoms with Crippen molar-refractivity contribution in [3.8, 4) is 0 Å². The summed E-state index contributed by atoms with van der Waals surface area (Å²) in [5.41, 5.74) is 0.408. The van der Waals surface area contributed by atoms with E-state index >= 15 is 0 Å². The zero-order valence-corrected chi connectivity index (χ0v) is 20.8. The van der Waals surface area contributed by atoms with Crippen molar-refractivity contribution in [1.29, 1.82) is 0 Å². The number of anilines is 1. The van der Waals surface area contributed by atoms with Crippen LogP contribution in [0.1, 0.15) is 37.7 Å². The minimum Gasteiger partial charge on any atom is -0.325 e. The Morgan fingerprint density at radius 3 is 2.26 bits per heavy atom. The molecule has 1 aliphatic carbocycles. The van der Waals surface area contributed by atoms with Gasteiger partial charge in [-0.2, -0.15) is 4.31 Å². The number of likely N-dealkylation sites (N-methyl/N-ethyl adjacent to an activating group) is 1. The quantitative estimate of drug-likeness (QED) is 0.591. The fraction of sp³-hybridized carbons (Fsp3) is 0.400. The minimum atomic E-state index is -3.72. The Balaban J connectivity index is 1.39. The summed E-state index contributed by atoms with van der Waals surface area (Å²) in [6.07, 6.45) is 4.01. The van der Waals surface area contributed by atoms with Crippen molar-refractivity contribution in [1.82, 2.24) is 14.1 Å². The van der Waals surface area contributed by atoms with E-state index in [1.165, 1.54) is 40.5 Å². The summed E-state index contributed by atoms with van der Waals surface area (Å²) in [6.45, 7) is -0.154. The maximum atomic E-state index is 13.1. The van der Waals surface area contributed by atoms with Crippen molar-refractivity contribution in [2.45, 2.75) is 49.1 Å². The molecule has 1 N–H and O–H groups in total. The molecule has 4 amide bonds. The van der Waals surface area contributed by atoms with Crippen LogP contribution in [0.2, 0.25) is 0 Å². The number of imide groups is 1. The molecule has 1 saturated heterocycles. The second-order valence-corrected chi connectivity index (χ2v) is 11.2. The average molecular weight is 499 g/mol. The second-order valence-electron chi connectivity index (χ2n) is 9.14. The van der Waals surface area contributed by atoms with Gasteiger partial charge in [-0.05, 0) is 42.7 Å². The van der Waals surface area contributed by atoms with Crippen LogP contribution < -0.4 is 5.32 Å². The Bertz CT molecular complexity index is 1210. The third-order valence-electron chi connectivity index (χ3n) is 6.88. The molecule has 1 aliphatic heterocycles. The number of rotatable bonds is 7. The van der Waals surface area contributed by atoms with E-state index in [0.717, 1.165) is 29.7 Å². The molecule has 2 aromatic rings.